The third-order valence-corrected chi connectivity index (χ3v) is 3.01. The summed E-state index contributed by atoms with van der Waals surface area (Å²) < 4.78 is 5.71. The number of halogens is 1. The van der Waals surface area contributed by atoms with Gasteiger partial charge in [0, 0.05) is 5.88 Å². The third kappa shape index (κ3) is 4.05. The molecule has 0 amide bonds. The number of ether oxygens (including phenoxy) is 1. The number of benzene rings is 1. The Morgan fingerprint density at radius 3 is 2.56 bits per heavy atom. The van der Waals surface area contributed by atoms with Gasteiger partial charge in [-0.25, -0.2) is 0 Å². The second-order valence-corrected chi connectivity index (χ2v) is 4.24. The van der Waals surface area contributed by atoms with Crippen molar-refractivity contribution < 1.29 is 4.74 Å². The Balaban J connectivity index is 2.54. The molecule has 0 saturated carbocycles. The molecule has 0 N–H and O–H groups in total. The molecule has 1 rings (SSSR count). The average molecular weight is 241 g/mol. The van der Waals surface area contributed by atoms with Crippen LogP contribution in [0.25, 0.3) is 0 Å². The van der Waals surface area contributed by atoms with Gasteiger partial charge in [0.05, 0.1) is 6.61 Å². The van der Waals surface area contributed by atoms with E-state index in [1.807, 2.05) is 6.07 Å². The van der Waals surface area contributed by atoms with E-state index in [4.69, 9.17) is 16.3 Å². The average Bonchev–Trinajstić information content (AvgIpc) is 2.34. The molecule has 0 spiro atoms. The fraction of sp³-hybridized carbons (Fsp3) is 0.571. The Labute approximate surface area is 104 Å². The molecule has 0 unspecified atom stereocenters. The van der Waals surface area contributed by atoms with Crippen molar-refractivity contribution in [2.75, 3.05) is 6.61 Å². The Morgan fingerprint density at radius 2 is 1.94 bits per heavy atom. The van der Waals surface area contributed by atoms with Gasteiger partial charge < -0.3 is 4.74 Å². The molecule has 0 aliphatic heterocycles. The molecule has 0 heterocycles. The summed E-state index contributed by atoms with van der Waals surface area (Å²) in [5.41, 5.74) is 2.51. The van der Waals surface area contributed by atoms with Crippen molar-refractivity contribution in [3.63, 3.8) is 0 Å². The maximum Gasteiger partial charge on any atom is 0.119 e. The van der Waals surface area contributed by atoms with Crippen LogP contribution in [0.2, 0.25) is 0 Å². The van der Waals surface area contributed by atoms with E-state index in [2.05, 4.69) is 26.0 Å². The summed E-state index contributed by atoms with van der Waals surface area (Å²) >= 11 is 5.87. The van der Waals surface area contributed by atoms with Crippen molar-refractivity contribution in [2.45, 2.75) is 45.4 Å². The highest BCUT2D eigenvalue weighted by Gasteiger charge is 2.02. The van der Waals surface area contributed by atoms with Crippen LogP contribution in [0.15, 0.2) is 18.2 Å². The van der Waals surface area contributed by atoms with Crippen LogP contribution < -0.4 is 4.74 Å². The standard InChI is InChI=1S/C14H21ClO/c1-3-5-6-9-16-14-8-7-13(11-15)12(4-2)10-14/h7-8,10H,3-6,9,11H2,1-2H3. The minimum Gasteiger partial charge on any atom is -0.494 e. The molecule has 1 nitrogen and oxygen atoms in total. The molecule has 0 bridgehead atoms. The largest absolute Gasteiger partial charge is 0.494 e. The van der Waals surface area contributed by atoms with Crippen molar-refractivity contribution in [3.05, 3.63) is 29.3 Å². The first kappa shape index (κ1) is 13.4. The lowest BCUT2D eigenvalue weighted by Gasteiger charge is -2.10. The van der Waals surface area contributed by atoms with Crippen LogP contribution in [0.5, 0.6) is 5.75 Å². The number of hydrogen-bond acceptors (Lipinski definition) is 1. The van der Waals surface area contributed by atoms with Crippen LogP contribution in [0.4, 0.5) is 0 Å². The SMILES string of the molecule is CCCCCOc1ccc(CCl)c(CC)c1. The summed E-state index contributed by atoms with van der Waals surface area (Å²) in [5.74, 6) is 1.56. The molecule has 16 heavy (non-hydrogen) atoms. The van der Waals surface area contributed by atoms with Gasteiger partial charge >= 0.3 is 0 Å². The molecule has 1 aromatic carbocycles. The van der Waals surface area contributed by atoms with Gasteiger partial charge in [0.15, 0.2) is 0 Å². The van der Waals surface area contributed by atoms with Crippen molar-refractivity contribution in [1.29, 1.82) is 0 Å². The highest BCUT2D eigenvalue weighted by molar-refractivity contribution is 6.17. The van der Waals surface area contributed by atoms with E-state index >= 15 is 0 Å². The number of rotatable bonds is 7. The van der Waals surface area contributed by atoms with Gasteiger partial charge in [0.2, 0.25) is 0 Å². The van der Waals surface area contributed by atoms with Crippen molar-refractivity contribution in [3.8, 4) is 5.75 Å². The molecule has 2 heteroatoms. The van der Waals surface area contributed by atoms with Gasteiger partial charge in [-0.05, 0) is 36.1 Å². The zero-order chi connectivity index (χ0) is 11.8. The van der Waals surface area contributed by atoms with Crippen LogP contribution >= 0.6 is 11.6 Å². The smallest absolute Gasteiger partial charge is 0.119 e. The molecule has 0 saturated heterocycles. The molecule has 0 aliphatic rings. The fourth-order valence-corrected chi connectivity index (χ4v) is 1.95. The highest BCUT2D eigenvalue weighted by atomic mass is 35.5. The van der Waals surface area contributed by atoms with Crippen LogP contribution in [-0.4, -0.2) is 6.61 Å². The quantitative estimate of drug-likeness (QED) is 0.502. The molecule has 0 atom stereocenters. The summed E-state index contributed by atoms with van der Waals surface area (Å²) in [6.45, 7) is 5.16. The van der Waals surface area contributed by atoms with E-state index in [9.17, 15) is 0 Å². The second kappa shape index (κ2) is 7.56. The lowest BCUT2D eigenvalue weighted by atomic mass is 10.1. The minimum atomic E-state index is 0.583. The Morgan fingerprint density at radius 1 is 1.12 bits per heavy atom. The Kier molecular flexibility index (Phi) is 6.32. The fourth-order valence-electron chi connectivity index (χ4n) is 1.69. The molecule has 0 fully saturated rings. The highest BCUT2D eigenvalue weighted by Crippen LogP contribution is 2.20. The maximum atomic E-state index is 5.87. The van der Waals surface area contributed by atoms with E-state index in [-0.39, 0.29) is 0 Å². The monoisotopic (exact) mass is 240 g/mol. The van der Waals surface area contributed by atoms with E-state index < -0.39 is 0 Å². The molecular formula is C14H21ClO. The summed E-state index contributed by atoms with van der Waals surface area (Å²) in [5, 5.41) is 0. The molecule has 0 aromatic heterocycles. The molecule has 0 radical (unpaired) electrons. The zero-order valence-corrected chi connectivity index (χ0v) is 11.0. The summed E-state index contributed by atoms with van der Waals surface area (Å²) in [7, 11) is 0. The van der Waals surface area contributed by atoms with E-state index in [1.165, 1.54) is 24.0 Å². The van der Waals surface area contributed by atoms with Gasteiger partial charge in [-0.2, -0.15) is 0 Å². The maximum absolute atomic E-state index is 5.87. The lowest BCUT2D eigenvalue weighted by Crippen LogP contribution is -1.98. The van der Waals surface area contributed by atoms with Gasteiger partial charge in [-0.15, -0.1) is 11.6 Å². The summed E-state index contributed by atoms with van der Waals surface area (Å²) in [4.78, 5) is 0. The first-order valence-electron chi connectivity index (χ1n) is 6.12. The predicted octanol–water partition coefficient (Wildman–Crippen LogP) is 4.56. The van der Waals surface area contributed by atoms with E-state index in [0.717, 1.165) is 25.2 Å². The first-order valence-corrected chi connectivity index (χ1v) is 6.65. The van der Waals surface area contributed by atoms with Gasteiger partial charge in [-0.3, -0.25) is 0 Å². The van der Waals surface area contributed by atoms with Crippen molar-refractivity contribution >= 4 is 11.6 Å². The molecule has 90 valence electrons. The van der Waals surface area contributed by atoms with Gasteiger partial charge in [0.1, 0.15) is 5.75 Å². The molecular weight excluding hydrogens is 220 g/mol. The van der Waals surface area contributed by atoms with Crippen molar-refractivity contribution in [2.24, 2.45) is 0 Å². The lowest BCUT2D eigenvalue weighted by molar-refractivity contribution is 0.306. The van der Waals surface area contributed by atoms with Crippen LogP contribution in [0, 0.1) is 0 Å². The van der Waals surface area contributed by atoms with Crippen LogP contribution in [0.3, 0.4) is 0 Å². The van der Waals surface area contributed by atoms with Crippen LogP contribution in [-0.2, 0) is 12.3 Å². The van der Waals surface area contributed by atoms with E-state index in [0.29, 0.717) is 5.88 Å². The predicted molar refractivity (Wildman–Crippen MR) is 70.4 cm³/mol. The van der Waals surface area contributed by atoms with Crippen LogP contribution in [0.1, 0.15) is 44.2 Å². The van der Waals surface area contributed by atoms with E-state index in [1.54, 1.807) is 0 Å². The van der Waals surface area contributed by atoms with Crippen molar-refractivity contribution in [1.82, 2.24) is 0 Å². The summed E-state index contributed by atoms with van der Waals surface area (Å²) in [6, 6.07) is 6.20. The Bertz CT molecular complexity index is 310. The Hall–Kier alpha value is -0.690. The number of unbranched alkanes of at least 4 members (excludes halogenated alkanes) is 2. The summed E-state index contributed by atoms with van der Waals surface area (Å²) in [6.07, 6.45) is 4.61. The minimum absolute atomic E-state index is 0.583. The molecule has 0 aliphatic carbocycles. The molecule has 1 aromatic rings. The number of hydrogen-bond donors (Lipinski definition) is 0. The first-order chi connectivity index (χ1) is 7.81. The topological polar surface area (TPSA) is 9.23 Å². The number of alkyl halides is 1. The van der Waals surface area contributed by atoms with Gasteiger partial charge in [-0.1, -0.05) is 32.8 Å². The second-order valence-electron chi connectivity index (χ2n) is 3.97. The normalized spacial score (nSPS) is 10.4. The third-order valence-electron chi connectivity index (χ3n) is 2.72. The zero-order valence-electron chi connectivity index (χ0n) is 10.3. The number of aryl methyl sites for hydroxylation is 1. The van der Waals surface area contributed by atoms with Gasteiger partial charge in [0.25, 0.3) is 0 Å².